The number of carboxylic acids is 3. The first kappa shape index (κ1) is 29.9. The molecule has 0 unspecified atom stereocenters. The quantitative estimate of drug-likeness (QED) is 0.159. The molecule has 27 heavy (non-hydrogen) atoms. The summed E-state index contributed by atoms with van der Waals surface area (Å²) in [6.45, 7) is 1.76. The van der Waals surface area contributed by atoms with E-state index < -0.39 is 23.8 Å². The Morgan fingerprint density at radius 2 is 1.00 bits per heavy atom. The van der Waals surface area contributed by atoms with Gasteiger partial charge in [-0.15, -0.1) is 0 Å². The maximum atomic E-state index is 10.4. The van der Waals surface area contributed by atoms with Crippen LogP contribution in [0.5, 0.6) is 0 Å². The molecule has 15 N–H and O–H groups in total. The Hall–Kier alpha value is -1.83. The summed E-state index contributed by atoms with van der Waals surface area (Å²) in [4.78, 5) is 30.4. The first-order chi connectivity index (χ1) is 12.6. The molecule has 0 aromatic rings. The summed E-state index contributed by atoms with van der Waals surface area (Å²) < 4.78 is 0. The van der Waals surface area contributed by atoms with Crippen LogP contribution in [-0.4, -0.2) is 72.5 Å². The molecule has 0 radical (unpaired) electrons. The molecule has 0 saturated carbocycles. The zero-order valence-corrected chi connectivity index (χ0v) is 15.6. The number of carboxylic acid groups (broad SMARTS) is 3. The van der Waals surface area contributed by atoms with E-state index in [1.807, 2.05) is 0 Å². The minimum atomic E-state index is -0.921. The van der Waals surface area contributed by atoms with E-state index in [-0.39, 0.29) is 31.3 Å². The zero-order chi connectivity index (χ0) is 21.8. The van der Waals surface area contributed by atoms with E-state index in [9.17, 15) is 14.4 Å². The molecule has 0 aliphatic carbocycles. The fourth-order valence-electron chi connectivity index (χ4n) is 1.60. The molecule has 0 heterocycles. The maximum absolute atomic E-state index is 10.4. The van der Waals surface area contributed by atoms with Crippen molar-refractivity contribution >= 4 is 17.9 Å². The predicted molar refractivity (Wildman–Crippen MR) is 102 cm³/mol. The monoisotopic (exact) mass is 396 g/mol. The van der Waals surface area contributed by atoms with Crippen LogP contribution in [0.2, 0.25) is 0 Å². The SMILES string of the molecule is NCC(CN)C(=O)O.NCC(CN)CC(=O)O.NCCC(CCN)C(=O)O. The lowest BCUT2D eigenvalue weighted by Crippen LogP contribution is -2.30. The number of carbonyl (C=O) groups is 3. The van der Waals surface area contributed by atoms with Gasteiger partial charge >= 0.3 is 17.9 Å². The Balaban J connectivity index is -0.000000322. The molecular formula is C15H36N6O6. The minimum absolute atomic E-state index is 0.0671. The third kappa shape index (κ3) is 20.3. The van der Waals surface area contributed by atoms with Crippen LogP contribution < -0.4 is 34.4 Å². The molecule has 0 aromatic carbocycles. The fourth-order valence-corrected chi connectivity index (χ4v) is 1.60. The first-order valence-corrected chi connectivity index (χ1v) is 8.52. The van der Waals surface area contributed by atoms with Gasteiger partial charge in [0.05, 0.1) is 18.3 Å². The van der Waals surface area contributed by atoms with Crippen molar-refractivity contribution in [3.05, 3.63) is 0 Å². The van der Waals surface area contributed by atoms with Gasteiger partial charge in [-0.3, -0.25) is 14.4 Å². The van der Waals surface area contributed by atoms with Gasteiger partial charge in [0.15, 0.2) is 0 Å². The van der Waals surface area contributed by atoms with Crippen molar-refractivity contribution in [1.82, 2.24) is 0 Å². The third-order valence-corrected chi connectivity index (χ3v) is 3.43. The van der Waals surface area contributed by atoms with E-state index in [4.69, 9.17) is 49.7 Å². The normalized spacial score (nSPS) is 10.1. The molecule has 12 heteroatoms. The number of hydrogen-bond donors (Lipinski definition) is 9. The Morgan fingerprint density at radius 3 is 1.11 bits per heavy atom. The van der Waals surface area contributed by atoms with Gasteiger partial charge < -0.3 is 49.7 Å². The molecular weight excluding hydrogens is 360 g/mol. The average Bonchev–Trinajstić information content (AvgIpc) is 2.61. The fraction of sp³-hybridized carbons (Fsp3) is 0.800. The Morgan fingerprint density at radius 1 is 0.630 bits per heavy atom. The van der Waals surface area contributed by atoms with Gasteiger partial charge in [0.1, 0.15) is 0 Å². The van der Waals surface area contributed by atoms with Crippen molar-refractivity contribution in [2.24, 2.45) is 52.2 Å². The lowest BCUT2D eigenvalue weighted by Gasteiger charge is -2.07. The smallest absolute Gasteiger partial charge is 0.309 e. The topological polar surface area (TPSA) is 268 Å². The second-order valence-electron chi connectivity index (χ2n) is 5.63. The highest BCUT2D eigenvalue weighted by Gasteiger charge is 2.14. The molecule has 0 aliphatic rings. The second kappa shape index (κ2) is 20.5. The molecule has 0 saturated heterocycles. The van der Waals surface area contributed by atoms with Crippen molar-refractivity contribution in [3.8, 4) is 0 Å². The van der Waals surface area contributed by atoms with Gasteiger partial charge in [-0.1, -0.05) is 0 Å². The van der Waals surface area contributed by atoms with Crippen LogP contribution >= 0.6 is 0 Å². The first-order valence-electron chi connectivity index (χ1n) is 8.52. The number of rotatable bonds is 12. The highest BCUT2D eigenvalue weighted by atomic mass is 16.4. The highest BCUT2D eigenvalue weighted by Crippen LogP contribution is 2.05. The van der Waals surface area contributed by atoms with E-state index >= 15 is 0 Å². The maximum Gasteiger partial charge on any atom is 0.309 e. The van der Waals surface area contributed by atoms with Gasteiger partial charge in [0.2, 0.25) is 0 Å². The van der Waals surface area contributed by atoms with Crippen molar-refractivity contribution in [2.45, 2.75) is 19.3 Å². The number of aliphatic carboxylic acids is 3. The van der Waals surface area contributed by atoms with E-state index in [0.29, 0.717) is 39.0 Å². The summed E-state index contributed by atoms with van der Waals surface area (Å²) >= 11 is 0. The molecule has 0 aromatic heterocycles. The van der Waals surface area contributed by atoms with E-state index in [1.165, 1.54) is 0 Å². The Kier molecular flexibility index (Phi) is 22.7. The summed E-state index contributed by atoms with van der Waals surface area (Å²) in [5.74, 6) is -3.55. The van der Waals surface area contributed by atoms with Crippen LogP contribution in [0.3, 0.4) is 0 Å². The van der Waals surface area contributed by atoms with Crippen LogP contribution in [-0.2, 0) is 14.4 Å². The van der Waals surface area contributed by atoms with Crippen LogP contribution in [0, 0.1) is 17.8 Å². The minimum Gasteiger partial charge on any atom is -0.481 e. The molecule has 0 amide bonds. The molecule has 0 fully saturated rings. The average molecular weight is 396 g/mol. The van der Waals surface area contributed by atoms with E-state index in [1.54, 1.807) is 0 Å². The largest absolute Gasteiger partial charge is 0.481 e. The van der Waals surface area contributed by atoms with Crippen LogP contribution in [0.15, 0.2) is 0 Å². The predicted octanol–water partition coefficient (Wildman–Crippen LogP) is -3.02. The van der Waals surface area contributed by atoms with Crippen molar-refractivity contribution in [1.29, 1.82) is 0 Å². The zero-order valence-electron chi connectivity index (χ0n) is 15.6. The van der Waals surface area contributed by atoms with Crippen molar-refractivity contribution < 1.29 is 29.7 Å². The van der Waals surface area contributed by atoms with Gasteiger partial charge in [0, 0.05) is 13.1 Å². The molecule has 0 atom stereocenters. The summed E-state index contributed by atoms with van der Waals surface area (Å²) in [5, 5.41) is 25.0. The van der Waals surface area contributed by atoms with Gasteiger partial charge in [-0.05, 0) is 44.9 Å². The van der Waals surface area contributed by atoms with Crippen LogP contribution in [0.4, 0.5) is 0 Å². The third-order valence-electron chi connectivity index (χ3n) is 3.43. The van der Waals surface area contributed by atoms with Gasteiger partial charge in [-0.2, -0.15) is 0 Å². The Labute approximate surface area is 159 Å². The summed E-state index contributed by atoms with van der Waals surface area (Å²) in [6, 6.07) is 0. The van der Waals surface area contributed by atoms with Crippen molar-refractivity contribution in [2.75, 3.05) is 39.3 Å². The van der Waals surface area contributed by atoms with Gasteiger partial charge in [-0.25, -0.2) is 0 Å². The number of hydrogen-bond acceptors (Lipinski definition) is 9. The second-order valence-corrected chi connectivity index (χ2v) is 5.63. The standard InChI is InChI=1S/C6H14N2O2.C5H12N2O2.C4H10N2O2/c7-3-1-5(2-4-8)6(9)10;6-2-4(3-7)1-5(8)9;5-1-3(2-6)4(7)8/h5H,1-4,7-8H2,(H,9,10);4H,1-3,6-7H2,(H,8,9);3H,1-2,5-6H2,(H,7,8). The summed E-state index contributed by atoms with van der Waals surface area (Å²) in [5.41, 5.74) is 30.8. The summed E-state index contributed by atoms with van der Waals surface area (Å²) in [7, 11) is 0. The highest BCUT2D eigenvalue weighted by molar-refractivity contribution is 5.70. The Bertz CT molecular complexity index is 385. The molecule has 0 aliphatic heterocycles. The lowest BCUT2D eigenvalue weighted by molar-refractivity contribution is -0.142. The molecule has 0 bridgehead atoms. The number of nitrogens with two attached hydrogens (primary N) is 6. The molecule has 12 nitrogen and oxygen atoms in total. The van der Waals surface area contributed by atoms with Gasteiger partial charge in [0.25, 0.3) is 0 Å². The van der Waals surface area contributed by atoms with Crippen molar-refractivity contribution in [3.63, 3.8) is 0 Å². The lowest BCUT2D eigenvalue weighted by atomic mass is 10.0. The summed E-state index contributed by atoms with van der Waals surface area (Å²) in [6.07, 6.45) is 1.12. The van der Waals surface area contributed by atoms with Crippen LogP contribution in [0.1, 0.15) is 19.3 Å². The van der Waals surface area contributed by atoms with Crippen LogP contribution in [0.25, 0.3) is 0 Å². The molecule has 0 spiro atoms. The molecule has 0 rings (SSSR count). The molecule has 162 valence electrons. The van der Waals surface area contributed by atoms with E-state index in [2.05, 4.69) is 0 Å². The van der Waals surface area contributed by atoms with E-state index in [0.717, 1.165) is 0 Å².